The van der Waals surface area contributed by atoms with E-state index in [1.54, 1.807) is 17.0 Å². The van der Waals surface area contributed by atoms with Crippen molar-refractivity contribution < 1.29 is 19.2 Å². The van der Waals surface area contributed by atoms with Crippen LogP contribution in [0.25, 0.3) is 0 Å². The summed E-state index contributed by atoms with van der Waals surface area (Å²) in [6, 6.07) is 8.87. The maximum absolute atomic E-state index is 12.4. The van der Waals surface area contributed by atoms with E-state index < -0.39 is 23.6 Å². The minimum Gasteiger partial charge on any atom is -0.345 e. The van der Waals surface area contributed by atoms with Gasteiger partial charge < -0.3 is 15.5 Å². The van der Waals surface area contributed by atoms with Crippen molar-refractivity contribution in [2.75, 3.05) is 18.4 Å². The van der Waals surface area contributed by atoms with Crippen molar-refractivity contribution in [1.82, 2.24) is 21.1 Å². The van der Waals surface area contributed by atoms with E-state index in [0.717, 1.165) is 12.8 Å². The van der Waals surface area contributed by atoms with Gasteiger partial charge in [-0.2, -0.15) is 0 Å². The summed E-state index contributed by atoms with van der Waals surface area (Å²) in [5.41, 5.74) is 5.09. The van der Waals surface area contributed by atoms with Crippen molar-refractivity contribution in [3.63, 3.8) is 0 Å². The predicted molar refractivity (Wildman–Crippen MR) is 97.2 cm³/mol. The number of anilines is 1. The molecule has 144 valence electrons. The highest BCUT2D eigenvalue weighted by Gasteiger charge is 2.30. The molecule has 27 heavy (non-hydrogen) atoms. The van der Waals surface area contributed by atoms with E-state index >= 15 is 0 Å². The molecule has 1 saturated carbocycles. The van der Waals surface area contributed by atoms with E-state index in [1.165, 1.54) is 0 Å². The second-order valence-corrected chi connectivity index (χ2v) is 6.77. The number of piperidine rings is 1. The Hall–Kier alpha value is -3.10. The number of carbonyl (C=O) groups is 4. The molecule has 9 nitrogen and oxygen atoms in total. The molecule has 1 aromatic carbocycles. The number of urea groups is 1. The third kappa shape index (κ3) is 5.44. The number of hydrogen-bond donors (Lipinski definition) is 4. The van der Waals surface area contributed by atoms with Gasteiger partial charge in [0.1, 0.15) is 0 Å². The quantitative estimate of drug-likeness (QED) is 0.452. The fraction of sp³-hybridized carbons (Fsp3) is 0.444. The molecule has 1 aliphatic carbocycles. The van der Waals surface area contributed by atoms with Gasteiger partial charge in [-0.25, -0.2) is 4.79 Å². The Balaban J connectivity index is 1.45. The number of para-hydroxylation sites is 1. The van der Waals surface area contributed by atoms with Crippen LogP contribution in [-0.2, 0) is 14.4 Å². The Morgan fingerprint density at radius 3 is 2.37 bits per heavy atom. The van der Waals surface area contributed by atoms with Gasteiger partial charge in [-0.05, 0) is 37.8 Å². The zero-order chi connectivity index (χ0) is 19.2. The summed E-state index contributed by atoms with van der Waals surface area (Å²) in [6.07, 6.45) is 3.02. The molecule has 5 amide bonds. The van der Waals surface area contributed by atoms with Crippen LogP contribution < -0.4 is 21.5 Å². The maximum Gasteiger partial charge on any atom is 0.327 e. The van der Waals surface area contributed by atoms with Gasteiger partial charge >= 0.3 is 17.8 Å². The van der Waals surface area contributed by atoms with Crippen LogP contribution in [0.4, 0.5) is 10.5 Å². The lowest BCUT2D eigenvalue weighted by atomic mass is 9.98. The number of amides is 5. The van der Waals surface area contributed by atoms with Crippen LogP contribution in [0.15, 0.2) is 30.3 Å². The molecule has 0 radical (unpaired) electrons. The van der Waals surface area contributed by atoms with Crippen LogP contribution in [0, 0.1) is 5.92 Å². The standard InChI is InChI=1S/C18H23N5O4/c24-15(21-22-17(26)16(25)19-14-8-9-14)12-5-4-10-23(11-12)18(27)20-13-6-2-1-3-7-13/h1-3,6-7,12,14H,4-5,8-11H2,(H,19,25)(H,20,27)(H,21,24)(H,22,26)/t12-/m0/s1. The van der Waals surface area contributed by atoms with Gasteiger partial charge in [-0.15, -0.1) is 0 Å². The van der Waals surface area contributed by atoms with Crippen molar-refractivity contribution in [3.05, 3.63) is 30.3 Å². The third-order valence-electron chi connectivity index (χ3n) is 4.52. The van der Waals surface area contributed by atoms with E-state index in [0.29, 0.717) is 25.1 Å². The molecule has 0 bridgehead atoms. The number of hydrazine groups is 1. The van der Waals surface area contributed by atoms with Crippen molar-refractivity contribution >= 4 is 29.4 Å². The first-order valence-corrected chi connectivity index (χ1v) is 9.04. The molecule has 4 N–H and O–H groups in total. The topological polar surface area (TPSA) is 120 Å². The first-order chi connectivity index (χ1) is 13.0. The first-order valence-electron chi connectivity index (χ1n) is 9.04. The Bertz CT molecular complexity index is 720. The monoisotopic (exact) mass is 373 g/mol. The summed E-state index contributed by atoms with van der Waals surface area (Å²) in [7, 11) is 0. The zero-order valence-corrected chi connectivity index (χ0v) is 14.9. The van der Waals surface area contributed by atoms with Gasteiger partial charge in [0.05, 0.1) is 5.92 Å². The second-order valence-electron chi connectivity index (χ2n) is 6.77. The molecule has 0 aromatic heterocycles. The van der Waals surface area contributed by atoms with Gasteiger partial charge in [0.2, 0.25) is 5.91 Å². The lowest BCUT2D eigenvalue weighted by Gasteiger charge is -2.32. The third-order valence-corrected chi connectivity index (χ3v) is 4.52. The highest BCUT2D eigenvalue weighted by Crippen LogP contribution is 2.19. The molecule has 1 aliphatic heterocycles. The zero-order valence-electron chi connectivity index (χ0n) is 14.9. The predicted octanol–water partition coefficient (Wildman–Crippen LogP) is 0.356. The molecule has 1 aromatic rings. The van der Waals surface area contributed by atoms with Gasteiger partial charge in [0.15, 0.2) is 0 Å². The van der Waals surface area contributed by atoms with E-state index in [2.05, 4.69) is 21.5 Å². The van der Waals surface area contributed by atoms with Crippen LogP contribution in [0.3, 0.4) is 0 Å². The molecule has 0 unspecified atom stereocenters. The molecule has 1 atom stereocenters. The average molecular weight is 373 g/mol. The van der Waals surface area contributed by atoms with Crippen LogP contribution in [0.1, 0.15) is 25.7 Å². The summed E-state index contributed by atoms with van der Waals surface area (Å²) in [5.74, 6) is -2.53. The van der Waals surface area contributed by atoms with E-state index in [9.17, 15) is 19.2 Å². The fourth-order valence-electron chi connectivity index (χ4n) is 2.86. The van der Waals surface area contributed by atoms with Gasteiger partial charge in [-0.3, -0.25) is 25.2 Å². The lowest BCUT2D eigenvalue weighted by Crippen LogP contribution is -2.53. The number of nitrogens with zero attached hydrogens (tertiary/aromatic N) is 1. The number of carbonyl (C=O) groups excluding carboxylic acids is 4. The Labute approximate surface area is 156 Å². The summed E-state index contributed by atoms with van der Waals surface area (Å²) < 4.78 is 0. The highest BCUT2D eigenvalue weighted by atomic mass is 16.2. The normalized spacial score (nSPS) is 19.0. The van der Waals surface area contributed by atoms with E-state index in [4.69, 9.17) is 0 Å². The minimum atomic E-state index is -0.898. The largest absolute Gasteiger partial charge is 0.345 e. The van der Waals surface area contributed by atoms with Crippen LogP contribution in [0.2, 0.25) is 0 Å². The van der Waals surface area contributed by atoms with Gasteiger partial charge in [0, 0.05) is 24.8 Å². The maximum atomic E-state index is 12.4. The van der Waals surface area contributed by atoms with Crippen LogP contribution >= 0.6 is 0 Å². The Kier molecular flexibility index (Phi) is 5.90. The molecule has 1 heterocycles. The van der Waals surface area contributed by atoms with Crippen LogP contribution in [0.5, 0.6) is 0 Å². The second kappa shape index (κ2) is 8.52. The summed E-state index contributed by atoms with van der Waals surface area (Å²) in [4.78, 5) is 49.4. The van der Waals surface area contributed by atoms with Gasteiger partial charge in [-0.1, -0.05) is 18.2 Å². The van der Waals surface area contributed by atoms with Crippen LogP contribution in [-0.4, -0.2) is 47.8 Å². The fourth-order valence-corrected chi connectivity index (χ4v) is 2.86. The Morgan fingerprint density at radius 2 is 1.67 bits per heavy atom. The molecule has 2 aliphatic rings. The van der Waals surface area contributed by atoms with E-state index in [-0.39, 0.29) is 18.6 Å². The molecular formula is C18H23N5O4. The molecule has 1 saturated heterocycles. The molecule has 3 rings (SSSR count). The summed E-state index contributed by atoms with van der Waals surface area (Å²) in [5, 5.41) is 5.33. The molecule has 0 spiro atoms. The highest BCUT2D eigenvalue weighted by molar-refractivity contribution is 6.35. The summed E-state index contributed by atoms with van der Waals surface area (Å²) in [6.45, 7) is 0.799. The minimum absolute atomic E-state index is 0.0639. The number of hydrogen-bond acceptors (Lipinski definition) is 4. The van der Waals surface area contributed by atoms with E-state index in [1.807, 2.05) is 18.2 Å². The number of likely N-dealkylation sites (tertiary alicyclic amines) is 1. The molecular weight excluding hydrogens is 350 g/mol. The first kappa shape index (κ1) is 18.7. The van der Waals surface area contributed by atoms with Crippen molar-refractivity contribution in [3.8, 4) is 0 Å². The summed E-state index contributed by atoms with van der Waals surface area (Å²) >= 11 is 0. The molecule has 2 fully saturated rings. The number of rotatable bonds is 3. The average Bonchev–Trinajstić information content (AvgIpc) is 3.50. The smallest absolute Gasteiger partial charge is 0.327 e. The lowest BCUT2D eigenvalue weighted by molar-refractivity contribution is -0.141. The molecule has 9 heteroatoms. The number of nitrogens with one attached hydrogen (secondary N) is 4. The van der Waals surface area contributed by atoms with Crippen molar-refractivity contribution in [2.24, 2.45) is 5.92 Å². The number of benzene rings is 1. The van der Waals surface area contributed by atoms with Crippen molar-refractivity contribution in [2.45, 2.75) is 31.7 Å². The SMILES string of the molecule is O=C(NNC(=O)[C@H]1CCCN(C(=O)Nc2ccccc2)C1)C(=O)NC1CC1. The Morgan fingerprint density at radius 1 is 0.926 bits per heavy atom. The van der Waals surface area contributed by atoms with Gasteiger partial charge in [0.25, 0.3) is 0 Å². The van der Waals surface area contributed by atoms with Crippen molar-refractivity contribution in [1.29, 1.82) is 0 Å².